The summed E-state index contributed by atoms with van der Waals surface area (Å²) >= 11 is 1.21. The first-order chi connectivity index (χ1) is 15.5. The lowest BCUT2D eigenvalue weighted by Crippen LogP contribution is -2.35. The van der Waals surface area contributed by atoms with Gasteiger partial charge in [0.05, 0.1) is 18.9 Å². The van der Waals surface area contributed by atoms with Crippen molar-refractivity contribution in [1.29, 1.82) is 5.41 Å². The molecule has 0 aliphatic carbocycles. The van der Waals surface area contributed by atoms with Crippen LogP contribution >= 0.6 is 11.8 Å². The lowest BCUT2D eigenvalue weighted by atomic mass is 10.1. The fraction of sp³-hybridized carbons (Fsp3) is 0.130. The van der Waals surface area contributed by atoms with Gasteiger partial charge in [-0.15, -0.1) is 0 Å². The predicted molar refractivity (Wildman–Crippen MR) is 125 cm³/mol. The fourth-order valence-electron chi connectivity index (χ4n) is 3.73. The van der Waals surface area contributed by atoms with E-state index in [1.165, 1.54) is 16.8 Å². The Hall–Kier alpha value is -3.85. The number of aryl methyl sites for hydroxylation is 1. The Balaban J connectivity index is 1.52. The van der Waals surface area contributed by atoms with Crippen molar-refractivity contribution in [2.45, 2.75) is 13.8 Å². The number of nitrogens with zero attached hydrogens (tertiary/aromatic N) is 4. The van der Waals surface area contributed by atoms with Crippen molar-refractivity contribution < 1.29 is 13.9 Å². The second-order valence-corrected chi connectivity index (χ2v) is 8.22. The third-order valence-corrected chi connectivity index (χ3v) is 6.19. The van der Waals surface area contributed by atoms with Crippen LogP contribution in [0.2, 0.25) is 0 Å². The van der Waals surface area contributed by atoms with Crippen LogP contribution in [0.5, 0.6) is 5.75 Å². The van der Waals surface area contributed by atoms with Crippen LogP contribution in [0.25, 0.3) is 11.8 Å². The van der Waals surface area contributed by atoms with Gasteiger partial charge in [0.15, 0.2) is 16.6 Å². The van der Waals surface area contributed by atoms with Crippen molar-refractivity contribution in [3.8, 4) is 11.4 Å². The Morgan fingerprint density at radius 2 is 2.03 bits per heavy atom. The van der Waals surface area contributed by atoms with Crippen LogP contribution in [0.4, 0.5) is 0 Å². The topological polar surface area (TPSA) is 96.2 Å². The van der Waals surface area contributed by atoms with Crippen molar-refractivity contribution in [1.82, 2.24) is 9.58 Å². The number of amides is 1. The number of hydrogen-bond acceptors (Lipinski definition) is 6. The molecule has 0 saturated heterocycles. The minimum Gasteiger partial charge on any atom is -0.497 e. The zero-order valence-electron chi connectivity index (χ0n) is 17.6. The predicted octanol–water partition coefficient (Wildman–Crippen LogP) is 4.36. The molecular weight excluding hydrogens is 426 g/mol. The van der Waals surface area contributed by atoms with E-state index in [-0.39, 0.29) is 11.4 Å². The van der Waals surface area contributed by atoms with Crippen molar-refractivity contribution in [2.75, 3.05) is 7.11 Å². The van der Waals surface area contributed by atoms with E-state index in [4.69, 9.17) is 14.6 Å². The van der Waals surface area contributed by atoms with Gasteiger partial charge in [-0.2, -0.15) is 15.1 Å². The number of carbonyl (C=O) groups excluding carboxylic acids is 1. The van der Waals surface area contributed by atoms with E-state index in [0.29, 0.717) is 16.0 Å². The molecule has 2 aromatic heterocycles. The van der Waals surface area contributed by atoms with Gasteiger partial charge in [0.1, 0.15) is 5.75 Å². The number of rotatable bonds is 4. The molecule has 4 heterocycles. The lowest BCUT2D eigenvalue weighted by molar-refractivity contribution is -0.114. The molecule has 0 bridgehead atoms. The van der Waals surface area contributed by atoms with Gasteiger partial charge in [0.2, 0.25) is 5.17 Å². The van der Waals surface area contributed by atoms with Crippen molar-refractivity contribution in [3.63, 3.8) is 0 Å². The first kappa shape index (κ1) is 20.1. The summed E-state index contributed by atoms with van der Waals surface area (Å²) in [7, 11) is 1.63. The zero-order chi connectivity index (χ0) is 22.4. The van der Waals surface area contributed by atoms with Crippen LogP contribution in [0.15, 0.2) is 68.8 Å². The van der Waals surface area contributed by atoms with E-state index in [1.54, 1.807) is 31.6 Å². The van der Waals surface area contributed by atoms with Crippen LogP contribution < -0.4 is 4.74 Å². The number of benzene rings is 1. The number of aliphatic imine (C=N–C) groups is 1. The van der Waals surface area contributed by atoms with Gasteiger partial charge in [0.25, 0.3) is 5.91 Å². The highest BCUT2D eigenvalue weighted by Crippen LogP contribution is 2.32. The smallest absolute Gasteiger partial charge is 0.283 e. The number of carbonyl (C=O) groups is 1. The number of furan rings is 1. The number of methoxy groups -OCH3 is 1. The summed E-state index contributed by atoms with van der Waals surface area (Å²) in [6, 6.07) is 13.3. The van der Waals surface area contributed by atoms with E-state index in [1.807, 2.05) is 44.2 Å². The molecule has 5 rings (SSSR count). The van der Waals surface area contributed by atoms with Crippen LogP contribution in [-0.2, 0) is 4.79 Å². The van der Waals surface area contributed by atoms with Crippen LogP contribution in [0, 0.1) is 19.3 Å². The zero-order valence-corrected chi connectivity index (χ0v) is 18.4. The number of hydrogen-bond donors (Lipinski definition) is 1. The molecule has 0 spiro atoms. The summed E-state index contributed by atoms with van der Waals surface area (Å²) in [5, 5.41) is 15.3. The van der Waals surface area contributed by atoms with Gasteiger partial charge in [-0.3, -0.25) is 10.2 Å². The minimum atomic E-state index is -0.462. The molecule has 2 aliphatic rings. The monoisotopic (exact) mass is 445 g/mol. The van der Waals surface area contributed by atoms with Gasteiger partial charge in [-0.05, 0) is 67.6 Å². The molecule has 32 heavy (non-hydrogen) atoms. The second-order valence-electron chi connectivity index (χ2n) is 7.27. The summed E-state index contributed by atoms with van der Waals surface area (Å²) in [5.74, 6) is 0.855. The van der Waals surface area contributed by atoms with E-state index in [9.17, 15) is 4.79 Å². The molecule has 8 nitrogen and oxygen atoms in total. The molecule has 1 amide bonds. The first-order valence-corrected chi connectivity index (χ1v) is 10.7. The van der Waals surface area contributed by atoms with E-state index < -0.39 is 5.91 Å². The van der Waals surface area contributed by atoms with E-state index >= 15 is 0 Å². The molecular formula is C23H19N5O3S. The molecule has 0 radical (unpaired) electrons. The van der Waals surface area contributed by atoms with Crippen LogP contribution in [0.1, 0.15) is 22.7 Å². The molecule has 0 atom stereocenters. The van der Waals surface area contributed by atoms with Crippen LogP contribution in [-0.4, -0.2) is 38.6 Å². The summed E-state index contributed by atoms with van der Waals surface area (Å²) < 4.78 is 12.8. The van der Waals surface area contributed by atoms with E-state index in [2.05, 4.69) is 14.7 Å². The second kappa shape index (κ2) is 7.69. The molecule has 9 heteroatoms. The average molecular weight is 446 g/mol. The van der Waals surface area contributed by atoms with Gasteiger partial charge < -0.3 is 13.7 Å². The molecule has 3 aromatic rings. The lowest BCUT2D eigenvalue weighted by Gasteiger charge is -2.20. The number of fused-ring (bicyclic) bond motifs is 1. The van der Waals surface area contributed by atoms with Gasteiger partial charge >= 0.3 is 0 Å². The summed E-state index contributed by atoms with van der Waals surface area (Å²) in [6.07, 6.45) is 3.26. The number of nitrogens with one attached hydrogen (secondary N) is 1. The number of aromatic nitrogens is 1. The largest absolute Gasteiger partial charge is 0.497 e. The summed E-state index contributed by atoms with van der Waals surface area (Å²) in [6.45, 7) is 3.97. The Labute approximate surface area is 188 Å². The average Bonchev–Trinajstić information content (AvgIpc) is 3.51. The third-order valence-electron chi connectivity index (χ3n) is 5.27. The highest BCUT2D eigenvalue weighted by Gasteiger charge is 2.36. The molecule has 160 valence electrons. The number of hydrazone groups is 1. The number of ether oxygens (including phenoxy) is 1. The normalized spacial score (nSPS) is 17.0. The summed E-state index contributed by atoms with van der Waals surface area (Å²) in [4.78, 5) is 16.9. The SMILES string of the molecule is COc1cccc(-n2c(C)cc(/C=C3/C(=N)N4N=C(c5ccco5)SC4=NC3=O)c2C)c1. The fourth-order valence-corrected chi connectivity index (χ4v) is 4.59. The highest BCUT2D eigenvalue weighted by atomic mass is 32.2. The highest BCUT2D eigenvalue weighted by molar-refractivity contribution is 8.27. The molecule has 0 fully saturated rings. The number of thioether (sulfide) groups is 1. The van der Waals surface area contributed by atoms with Gasteiger partial charge in [-0.1, -0.05) is 6.07 Å². The molecule has 1 aromatic carbocycles. The van der Waals surface area contributed by atoms with Crippen molar-refractivity contribution in [3.05, 3.63) is 77.0 Å². The molecule has 0 unspecified atom stereocenters. The molecule has 1 N–H and O–H groups in total. The maximum Gasteiger partial charge on any atom is 0.283 e. The Morgan fingerprint density at radius 1 is 1.19 bits per heavy atom. The quantitative estimate of drug-likeness (QED) is 0.602. The Kier molecular flexibility index (Phi) is 4.82. The van der Waals surface area contributed by atoms with Crippen molar-refractivity contribution in [2.24, 2.45) is 10.1 Å². The summed E-state index contributed by atoms with van der Waals surface area (Å²) in [5.41, 5.74) is 3.91. The first-order valence-electron chi connectivity index (χ1n) is 9.83. The molecule has 0 saturated carbocycles. The maximum absolute atomic E-state index is 12.8. The third kappa shape index (κ3) is 3.27. The minimum absolute atomic E-state index is 0.0137. The van der Waals surface area contributed by atoms with Crippen LogP contribution in [0.3, 0.4) is 0 Å². The number of amidine groups is 2. The molecule has 2 aliphatic heterocycles. The Bertz CT molecular complexity index is 1350. The van der Waals surface area contributed by atoms with E-state index in [0.717, 1.165) is 28.4 Å². The van der Waals surface area contributed by atoms with Gasteiger partial charge in [-0.25, -0.2) is 0 Å². The Morgan fingerprint density at radius 3 is 2.78 bits per heavy atom. The van der Waals surface area contributed by atoms with Crippen molar-refractivity contribution >= 4 is 39.8 Å². The standard InChI is InChI=1S/C23H19N5O3S/c1-13-10-15(14(2)27(13)16-6-4-7-17(12-16)30-3)11-18-20(24)28-23(25-21(18)29)32-22(26-28)19-8-5-9-31-19/h4-12,24H,1-3H3/b18-11-,24-20?. The van der Waals surface area contributed by atoms with Gasteiger partial charge in [0, 0.05) is 23.1 Å². The maximum atomic E-state index is 12.8.